The maximum absolute atomic E-state index is 13.2. The quantitative estimate of drug-likeness (QED) is 0.0412. The van der Waals surface area contributed by atoms with Crippen LogP contribution in [0.3, 0.4) is 0 Å². The number of fused-ring (bicyclic) bond motifs is 1. The maximum atomic E-state index is 13.2. The van der Waals surface area contributed by atoms with Gasteiger partial charge in [0, 0.05) is 25.0 Å². The Hall–Kier alpha value is -4.26. The molecule has 1 aromatic rings. The minimum atomic E-state index is -1.08. The standard InChI is InChI=1S/C45H69N3O18/c1-35(2)45(54)66-34-33-65-32-31-64-30-29-63-28-27-62-26-25-61-24-23-60-22-21-59-20-19-58-18-17-57-16-15-56-14-13-55-12-5-3-4-9-39(49)46-37-8-6-7-36-41(37)44(53)48(43(36)52)38-10-11-40(50)47-42(38)51/h6-8,38H,1,3-5,9-34H2,2H3,(H,46,49)(H,47,50,51). The number of imide groups is 2. The van der Waals surface area contributed by atoms with Crippen LogP contribution in [-0.2, 0) is 76.0 Å². The van der Waals surface area contributed by atoms with E-state index in [1.165, 1.54) is 6.07 Å². The van der Waals surface area contributed by atoms with Crippen LogP contribution in [0.15, 0.2) is 30.4 Å². The smallest absolute Gasteiger partial charge is 0.333 e. The number of piperidine rings is 1. The van der Waals surface area contributed by atoms with Gasteiger partial charge in [-0.3, -0.25) is 34.2 Å². The van der Waals surface area contributed by atoms with Crippen molar-refractivity contribution in [3.63, 3.8) is 0 Å². The van der Waals surface area contributed by atoms with Crippen molar-refractivity contribution in [3.8, 4) is 0 Å². The van der Waals surface area contributed by atoms with Crippen molar-refractivity contribution < 1.29 is 85.6 Å². The molecule has 1 aromatic carbocycles. The van der Waals surface area contributed by atoms with E-state index in [0.717, 1.165) is 17.7 Å². The number of hydrogen-bond donors (Lipinski definition) is 2. The van der Waals surface area contributed by atoms with Crippen LogP contribution in [0, 0.1) is 0 Å². The van der Waals surface area contributed by atoms with E-state index in [2.05, 4.69) is 17.2 Å². The molecule has 2 N–H and O–H groups in total. The molecular weight excluding hydrogens is 870 g/mol. The van der Waals surface area contributed by atoms with Crippen LogP contribution in [0.5, 0.6) is 0 Å². The van der Waals surface area contributed by atoms with E-state index in [4.69, 9.17) is 56.8 Å². The minimum absolute atomic E-state index is 0.0241. The number of anilines is 1. The predicted octanol–water partition coefficient (Wildman–Crippen LogP) is 1.89. The van der Waals surface area contributed by atoms with Crippen LogP contribution >= 0.6 is 0 Å². The molecular formula is C45H69N3O18. The number of carbonyl (C=O) groups excluding carboxylic acids is 6. The summed E-state index contributed by atoms with van der Waals surface area (Å²) in [5, 5.41) is 4.90. The lowest BCUT2D eigenvalue weighted by atomic mass is 10.0. The molecule has 5 amide bonds. The summed E-state index contributed by atoms with van der Waals surface area (Å²) >= 11 is 0. The molecule has 1 atom stereocenters. The van der Waals surface area contributed by atoms with Crippen LogP contribution in [0.4, 0.5) is 5.69 Å². The summed E-state index contributed by atoms with van der Waals surface area (Å²) in [7, 11) is 0. The number of carbonyl (C=O) groups is 6. The van der Waals surface area contributed by atoms with Gasteiger partial charge < -0.3 is 62.2 Å². The summed E-state index contributed by atoms with van der Waals surface area (Å²) in [6.45, 7) is 15.1. The van der Waals surface area contributed by atoms with Crippen molar-refractivity contribution in [1.82, 2.24) is 10.2 Å². The third kappa shape index (κ3) is 24.0. The van der Waals surface area contributed by atoms with Crippen LogP contribution in [-0.4, -0.2) is 198 Å². The largest absolute Gasteiger partial charge is 0.460 e. The fourth-order valence-corrected chi connectivity index (χ4v) is 6.12. The van der Waals surface area contributed by atoms with E-state index in [1.807, 2.05) is 0 Å². The summed E-state index contributed by atoms with van der Waals surface area (Å²) in [4.78, 5) is 74.8. The van der Waals surface area contributed by atoms with Crippen molar-refractivity contribution in [3.05, 3.63) is 41.5 Å². The third-order valence-corrected chi connectivity index (χ3v) is 9.46. The first kappa shape index (κ1) is 56.1. The monoisotopic (exact) mass is 939 g/mol. The summed E-state index contributed by atoms with van der Waals surface area (Å²) in [5.74, 6) is -3.16. The van der Waals surface area contributed by atoms with Gasteiger partial charge in [0.25, 0.3) is 11.8 Å². The molecule has 2 aliphatic rings. The van der Waals surface area contributed by atoms with Crippen molar-refractivity contribution in [2.75, 3.05) is 157 Å². The molecule has 0 saturated carbocycles. The lowest BCUT2D eigenvalue weighted by molar-refractivity contribution is -0.140. The van der Waals surface area contributed by atoms with E-state index in [9.17, 15) is 28.8 Å². The minimum Gasteiger partial charge on any atom is -0.460 e. The zero-order valence-electron chi connectivity index (χ0n) is 38.3. The lowest BCUT2D eigenvalue weighted by Gasteiger charge is -2.27. The van der Waals surface area contributed by atoms with E-state index < -0.39 is 35.6 Å². The normalized spacial score (nSPS) is 14.7. The molecule has 0 bridgehead atoms. The van der Waals surface area contributed by atoms with Crippen LogP contribution in [0.25, 0.3) is 0 Å². The molecule has 0 spiro atoms. The number of amides is 5. The first-order chi connectivity index (χ1) is 32.2. The van der Waals surface area contributed by atoms with Gasteiger partial charge in [-0.05, 0) is 38.3 Å². The Labute approximate surface area is 386 Å². The molecule has 1 saturated heterocycles. The third-order valence-electron chi connectivity index (χ3n) is 9.46. The maximum Gasteiger partial charge on any atom is 0.333 e. The van der Waals surface area contributed by atoms with E-state index in [1.54, 1.807) is 19.1 Å². The average Bonchev–Trinajstić information content (AvgIpc) is 3.55. The number of esters is 1. The number of unbranched alkanes of at least 4 members (excludes halogenated alkanes) is 2. The van der Waals surface area contributed by atoms with Gasteiger partial charge in [0.1, 0.15) is 12.6 Å². The Kier molecular flexibility index (Phi) is 30.5. The lowest BCUT2D eigenvalue weighted by Crippen LogP contribution is -2.54. The second-order valence-corrected chi connectivity index (χ2v) is 14.7. The summed E-state index contributed by atoms with van der Waals surface area (Å²) < 4.78 is 65.2. The van der Waals surface area contributed by atoms with Gasteiger partial charge in [-0.1, -0.05) is 19.1 Å². The summed E-state index contributed by atoms with van der Waals surface area (Å²) in [5.41, 5.74) is 0.727. The molecule has 0 aliphatic carbocycles. The molecule has 0 aromatic heterocycles. The number of rotatable bonds is 42. The molecule has 0 radical (unpaired) electrons. The highest BCUT2D eigenvalue weighted by atomic mass is 16.6. The summed E-state index contributed by atoms with van der Waals surface area (Å²) in [6.07, 6.45) is 2.42. The average molecular weight is 940 g/mol. The molecule has 2 aliphatic heterocycles. The van der Waals surface area contributed by atoms with E-state index in [0.29, 0.717) is 157 Å². The van der Waals surface area contributed by atoms with Crippen molar-refractivity contribution >= 4 is 41.2 Å². The first-order valence-corrected chi connectivity index (χ1v) is 22.5. The number of nitrogens with zero attached hydrogens (tertiary/aromatic N) is 1. The highest BCUT2D eigenvalue weighted by molar-refractivity contribution is 6.26. The van der Waals surface area contributed by atoms with Gasteiger partial charge in [0.15, 0.2) is 0 Å². The second-order valence-electron chi connectivity index (χ2n) is 14.7. The van der Waals surface area contributed by atoms with Crippen LogP contribution in [0.1, 0.15) is 66.2 Å². The van der Waals surface area contributed by atoms with Crippen molar-refractivity contribution in [2.45, 2.75) is 51.5 Å². The van der Waals surface area contributed by atoms with E-state index >= 15 is 0 Å². The van der Waals surface area contributed by atoms with Crippen molar-refractivity contribution in [2.24, 2.45) is 0 Å². The molecule has 66 heavy (non-hydrogen) atoms. The fraction of sp³-hybridized carbons (Fsp3) is 0.689. The molecule has 372 valence electrons. The SMILES string of the molecule is C=C(C)C(=O)OCCOCCOCCOCCOCCOCCOCCOCCOCCOCCOCCOCCCCCC(=O)Nc1cccc2c1C(=O)N(C1CCC(=O)NC1=O)C2=O. The Morgan fingerprint density at radius 1 is 0.591 bits per heavy atom. The molecule has 21 heteroatoms. The Bertz CT molecular complexity index is 1610. The highest BCUT2D eigenvalue weighted by Gasteiger charge is 2.45. The number of ether oxygens (including phenoxy) is 12. The topological polar surface area (TPSA) is 240 Å². The number of benzene rings is 1. The zero-order valence-corrected chi connectivity index (χ0v) is 38.3. The molecule has 3 rings (SSSR count). The van der Waals surface area contributed by atoms with Gasteiger partial charge in [0.05, 0.1) is 156 Å². The van der Waals surface area contributed by atoms with Crippen molar-refractivity contribution in [1.29, 1.82) is 0 Å². The highest BCUT2D eigenvalue weighted by Crippen LogP contribution is 2.32. The van der Waals surface area contributed by atoms with Gasteiger partial charge in [-0.25, -0.2) is 4.79 Å². The fourth-order valence-electron chi connectivity index (χ4n) is 6.12. The second kappa shape index (κ2) is 35.9. The summed E-state index contributed by atoms with van der Waals surface area (Å²) in [6, 6.07) is 3.52. The molecule has 1 fully saturated rings. The number of hydrogen-bond acceptors (Lipinski definition) is 18. The zero-order chi connectivity index (χ0) is 47.5. The Morgan fingerprint density at radius 3 is 1.44 bits per heavy atom. The molecule has 2 heterocycles. The van der Waals surface area contributed by atoms with Gasteiger partial charge in [-0.2, -0.15) is 0 Å². The van der Waals surface area contributed by atoms with Crippen LogP contribution < -0.4 is 10.6 Å². The van der Waals surface area contributed by atoms with Gasteiger partial charge >= 0.3 is 5.97 Å². The first-order valence-electron chi connectivity index (χ1n) is 22.5. The van der Waals surface area contributed by atoms with E-state index in [-0.39, 0.29) is 48.6 Å². The predicted molar refractivity (Wildman–Crippen MR) is 235 cm³/mol. The van der Waals surface area contributed by atoms with Gasteiger partial charge in [0.2, 0.25) is 17.7 Å². The Balaban J connectivity index is 0.971. The Morgan fingerprint density at radius 2 is 1.02 bits per heavy atom. The molecule has 1 unspecified atom stereocenters. The van der Waals surface area contributed by atoms with Crippen LogP contribution in [0.2, 0.25) is 0 Å². The molecule has 21 nitrogen and oxygen atoms in total. The number of nitrogens with one attached hydrogen (secondary N) is 2. The van der Waals surface area contributed by atoms with Gasteiger partial charge in [-0.15, -0.1) is 0 Å².